The Bertz CT molecular complexity index is 697. The van der Waals surface area contributed by atoms with Crippen LogP contribution in [0, 0.1) is 6.92 Å². The Hall–Kier alpha value is -1.87. The van der Waals surface area contributed by atoms with Gasteiger partial charge in [-0.1, -0.05) is 23.8 Å². The van der Waals surface area contributed by atoms with Crippen molar-refractivity contribution >= 4 is 5.69 Å². The van der Waals surface area contributed by atoms with Crippen LogP contribution in [-0.4, -0.2) is 42.6 Å². The SMILES string of the molecule is Cc1ccc2c(c1)C1CN(C)CCCC1N2CCc1ccccn1. The molecule has 1 aromatic carbocycles. The summed E-state index contributed by atoms with van der Waals surface area (Å²) in [4.78, 5) is 9.70. The van der Waals surface area contributed by atoms with Crippen LogP contribution >= 0.6 is 0 Å². The van der Waals surface area contributed by atoms with Gasteiger partial charge in [0, 0.05) is 49.0 Å². The van der Waals surface area contributed by atoms with Crippen molar-refractivity contribution in [1.29, 1.82) is 0 Å². The normalized spacial score (nSPS) is 23.7. The van der Waals surface area contributed by atoms with Crippen LogP contribution in [0.1, 0.15) is 35.6 Å². The van der Waals surface area contributed by atoms with Crippen molar-refractivity contribution in [2.75, 3.05) is 31.6 Å². The molecular formula is C21H27N3. The van der Waals surface area contributed by atoms with Gasteiger partial charge in [0.15, 0.2) is 0 Å². The first kappa shape index (κ1) is 15.6. The van der Waals surface area contributed by atoms with Gasteiger partial charge >= 0.3 is 0 Å². The minimum Gasteiger partial charge on any atom is -0.367 e. The molecule has 2 aliphatic heterocycles. The van der Waals surface area contributed by atoms with Crippen molar-refractivity contribution in [3.63, 3.8) is 0 Å². The van der Waals surface area contributed by atoms with Gasteiger partial charge in [-0.3, -0.25) is 4.98 Å². The van der Waals surface area contributed by atoms with Gasteiger partial charge in [0.05, 0.1) is 0 Å². The highest BCUT2D eigenvalue weighted by atomic mass is 15.2. The molecule has 3 nitrogen and oxygen atoms in total. The molecule has 0 saturated carbocycles. The lowest BCUT2D eigenvalue weighted by atomic mass is 9.92. The van der Waals surface area contributed by atoms with Crippen LogP contribution in [0.5, 0.6) is 0 Å². The average Bonchev–Trinajstić information content (AvgIpc) is 2.73. The first-order valence-corrected chi connectivity index (χ1v) is 9.18. The summed E-state index contributed by atoms with van der Waals surface area (Å²) < 4.78 is 0. The van der Waals surface area contributed by atoms with Crippen LogP contribution in [0.15, 0.2) is 42.6 Å². The summed E-state index contributed by atoms with van der Waals surface area (Å²) in [5.41, 5.74) is 5.60. The van der Waals surface area contributed by atoms with Gasteiger partial charge < -0.3 is 9.80 Å². The summed E-state index contributed by atoms with van der Waals surface area (Å²) in [6.07, 6.45) is 5.52. The molecule has 2 aliphatic rings. The molecule has 3 heterocycles. The van der Waals surface area contributed by atoms with Crippen LogP contribution in [0.2, 0.25) is 0 Å². The summed E-state index contributed by atoms with van der Waals surface area (Å²) in [5, 5.41) is 0. The highest BCUT2D eigenvalue weighted by Gasteiger charge is 2.39. The van der Waals surface area contributed by atoms with Gasteiger partial charge in [0.25, 0.3) is 0 Å². The smallest absolute Gasteiger partial charge is 0.0421 e. The minimum atomic E-state index is 0.649. The molecule has 0 radical (unpaired) electrons. The van der Waals surface area contributed by atoms with E-state index >= 15 is 0 Å². The van der Waals surface area contributed by atoms with E-state index in [2.05, 4.69) is 59.1 Å². The van der Waals surface area contributed by atoms with E-state index in [1.54, 1.807) is 5.56 Å². The first-order chi connectivity index (χ1) is 11.7. The Morgan fingerprint density at radius 3 is 2.96 bits per heavy atom. The Balaban J connectivity index is 1.63. The highest BCUT2D eigenvalue weighted by molar-refractivity contribution is 5.63. The summed E-state index contributed by atoms with van der Waals surface area (Å²) >= 11 is 0. The number of pyridine rings is 1. The molecule has 0 amide bonds. The van der Waals surface area contributed by atoms with Crippen LogP contribution in [0.3, 0.4) is 0 Å². The summed E-state index contributed by atoms with van der Waals surface area (Å²) in [6.45, 7) is 5.69. The third-order valence-electron chi connectivity index (χ3n) is 5.64. The second-order valence-corrected chi connectivity index (χ2v) is 7.41. The number of likely N-dealkylation sites (tertiary alicyclic amines) is 1. The van der Waals surface area contributed by atoms with E-state index in [0.717, 1.165) is 13.0 Å². The van der Waals surface area contributed by atoms with Gasteiger partial charge in [-0.25, -0.2) is 0 Å². The molecule has 2 aromatic rings. The Morgan fingerprint density at radius 2 is 2.12 bits per heavy atom. The highest BCUT2D eigenvalue weighted by Crippen LogP contribution is 2.44. The van der Waals surface area contributed by atoms with Crippen molar-refractivity contribution in [2.24, 2.45) is 0 Å². The third-order valence-corrected chi connectivity index (χ3v) is 5.64. The lowest BCUT2D eigenvalue weighted by Gasteiger charge is -2.29. The summed E-state index contributed by atoms with van der Waals surface area (Å²) in [6, 6.07) is 13.9. The van der Waals surface area contributed by atoms with E-state index in [4.69, 9.17) is 0 Å². The van der Waals surface area contributed by atoms with Gasteiger partial charge in [-0.05, 0) is 57.1 Å². The van der Waals surface area contributed by atoms with Crippen LogP contribution in [0.4, 0.5) is 5.69 Å². The van der Waals surface area contributed by atoms with Crippen molar-refractivity contribution in [1.82, 2.24) is 9.88 Å². The fourth-order valence-corrected chi connectivity index (χ4v) is 4.48. The molecule has 0 bridgehead atoms. The maximum Gasteiger partial charge on any atom is 0.0421 e. The number of nitrogens with zero attached hydrogens (tertiary/aromatic N) is 3. The molecule has 126 valence electrons. The van der Waals surface area contributed by atoms with Crippen molar-refractivity contribution in [3.8, 4) is 0 Å². The van der Waals surface area contributed by atoms with Crippen molar-refractivity contribution < 1.29 is 0 Å². The molecule has 0 spiro atoms. The quantitative estimate of drug-likeness (QED) is 0.860. The summed E-state index contributed by atoms with van der Waals surface area (Å²) in [5.74, 6) is 0.649. The van der Waals surface area contributed by atoms with E-state index < -0.39 is 0 Å². The molecule has 4 rings (SSSR count). The van der Waals surface area contributed by atoms with Crippen LogP contribution in [-0.2, 0) is 6.42 Å². The number of anilines is 1. The number of benzene rings is 1. The van der Waals surface area contributed by atoms with Crippen molar-refractivity contribution in [3.05, 3.63) is 59.4 Å². The molecule has 2 unspecified atom stereocenters. The number of aromatic nitrogens is 1. The van der Waals surface area contributed by atoms with Crippen LogP contribution < -0.4 is 4.90 Å². The van der Waals surface area contributed by atoms with Crippen LogP contribution in [0.25, 0.3) is 0 Å². The molecule has 2 atom stereocenters. The van der Waals surface area contributed by atoms with E-state index in [1.165, 1.54) is 42.9 Å². The van der Waals surface area contributed by atoms with E-state index in [-0.39, 0.29) is 0 Å². The first-order valence-electron chi connectivity index (χ1n) is 9.18. The van der Waals surface area contributed by atoms with Crippen molar-refractivity contribution in [2.45, 2.75) is 38.1 Å². The second kappa shape index (κ2) is 6.56. The Morgan fingerprint density at radius 1 is 1.21 bits per heavy atom. The van der Waals surface area contributed by atoms with E-state index in [0.29, 0.717) is 12.0 Å². The molecule has 1 saturated heterocycles. The largest absolute Gasteiger partial charge is 0.367 e. The minimum absolute atomic E-state index is 0.649. The number of hydrogen-bond donors (Lipinski definition) is 0. The number of likely N-dealkylation sites (N-methyl/N-ethyl adjacent to an activating group) is 1. The Kier molecular flexibility index (Phi) is 4.28. The molecule has 3 heteroatoms. The summed E-state index contributed by atoms with van der Waals surface area (Å²) in [7, 11) is 2.27. The van der Waals surface area contributed by atoms with Gasteiger partial charge in [0.1, 0.15) is 0 Å². The molecule has 1 aromatic heterocycles. The number of aryl methyl sites for hydroxylation is 1. The number of hydrogen-bond acceptors (Lipinski definition) is 3. The average molecular weight is 321 g/mol. The predicted molar refractivity (Wildman–Crippen MR) is 99.7 cm³/mol. The van der Waals surface area contributed by atoms with E-state index in [9.17, 15) is 0 Å². The van der Waals surface area contributed by atoms with Gasteiger partial charge in [0.2, 0.25) is 0 Å². The van der Waals surface area contributed by atoms with E-state index in [1.807, 2.05) is 12.3 Å². The zero-order valence-electron chi connectivity index (χ0n) is 14.8. The lowest BCUT2D eigenvalue weighted by molar-refractivity contribution is 0.330. The maximum atomic E-state index is 4.51. The Labute approximate surface area is 145 Å². The zero-order chi connectivity index (χ0) is 16.5. The molecular weight excluding hydrogens is 294 g/mol. The van der Waals surface area contributed by atoms with Gasteiger partial charge in [-0.15, -0.1) is 0 Å². The maximum absolute atomic E-state index is 4.51. The molecule has 1 fully saturated rings. The fraction of sp³-hybridized carbons (Fsp3) is 0.476. The molecule has 0 N–H and O–H groups in total. The molecule has 0 aliphatic carbocycles. The number of rotatable bonds is 3. The fourth-order valence-electron chi connectivity index (χ4n) is 4.48. The zero-order valence-corrected chi connectivity index (χ0v) is 14.8. The standard InChI is InChI=1S/C21H27N3/c1-16-8-9-21-18(14-16)19-15-23(2)12-5-7-20(19)24(21)13-10-17-6-3-4-11-22-17/h3-4,6,8-9,11,14,19-20H,5,7,10,12-13,15H2,1-2H3. The topological polar surface area (TPSA) is 19.4 Å². The number of fused-ring (bicyclic) bond motifs is 3. The van der Waals surface area contributed by atoms with Gasteiger partial charge in [-0.2, -0.15) is 0 Å². The molecule has 24 heavy (non-hydrogen) atoms. The monoisotopic (exact) mass is 321 g/mol. The predicted octanol–water partition coefficient (Wildman–Crippen LogP) is 3.63. The third kappa shape index (κ3) is 2.93. The lowest BCUT2D eigenvalue weighted by Crippen LogP contribution is -2.37. The second-order valence-electron chi connectivity index (χ2n) is 7.41.